The minimum atomic E-state index is 0.0933. The summed E-state index contributed by atoms with van der Waals surface area (Å²) in [5.74, 6) is 1.58. The molecule has 1 N–H and O–H groups in total. The van der Waals surface area contributed by atoms with E-state index in [1.807, 2.05) is 41.8 Å². The van der Waals surface area contributed by atoms with Crippen molar-refractivity contribution in [3.63, 3.8) is 0 Å². The van der Waals surface area contributed by atoms with Gasteiger partial charge in [0.1, 0.15) is 5.82 Å². The molecular formula is C21H26N6O. The van der Waals surface area contributed by atoms with Gasteiger partial charge < -0.3 is 9.47 Å². The van der Waals surface area contributed by atoms with E-state index in [9.17, 15) is 4.79 Å². The number of aromatic nitrogens is 5. The number of imidazole rings is 1. The van der Waals surface area contributed by atoms with Gasteiger partial charge in [0.15, 0.2) is 0 Å². The Kier molecular flexibility index (Phi) is 5.50. The van der Waals surface area contributed by atoms with Gasteiger partial charge in [0.2, 0.25) is 0 Å². The van der Waals surface area contributed by atoms with E-state index in [0.29, 0.717) is 5.92 Å². The first-order valence-corrected chi connectivity index (χ1v) is 9.97. The molecule has 1 aliphatic rings. The summed E-state index contributed by atoms with van der Waals surface area (Å²) in [6.45, 7) is 4.41. The van der Waals surface area contributed by atoms with E-state index in [4.69, 9.17) is 0 Å². The van der Waals surface area contributed by atoms with E-state index in [2.05, 4.69) is 31.7 Å². The van der Waals surface area contributed by atoms with Crippen LogP contribution in [0.25, 0.3) is 0 Å². The van der Waals surface area contributed by atoms with Crippen molar-refractivity contribution in [2.24, 2.45) is 0 Å². The molecule has 1 amide bonds. The van der Waals surface area contributed by atoms with Crippen molar-refractivity contribution in [3.8, 4) is 0 Å². The summed E-state index contributed by atoms with van der Waals surface area (Å²) >= 11 is 0. The molecule has 0 bridgehead atoms. The molecule has 28 heavy (non-hydrogen) atoms. The number of carbonyl (C=O) groups is 1. The van der Waals surface area contributed by atoms with Crippen LogP contribution in [0.1, 0.15) is 59.5 Å². The van der Waals surface area contributed by atoms with Crippen molar-refractivity contribution in [1.29, 1.82) is 0 Å². The molecule has 0 aromatic carbocycles. The molecule has 4 rings (SSSR count). The standard InChI is InChI=1S/C21H26N6O/c1-2-3-19-18(14-24-25-19)21(28)26-11-6-17(7-12-26)20-23-10-13-27(20)15-16-4-8-22-9-5-16/h4-5,8-10,13-14,17H,2-3,6-7,11-12,15H2,1H3,(H,24,25). The Hall–Kier alpha value is -2.96. The van der Waals surface area contributed by atoms with Crippen LogP contribution in [0.3, 0.4) is 0 Å². The van der Waals surface area contributed by atoms with E-state index in [1.165, 1.54) is 5.56 Å². The van der Waals surface area contributed by atoms with Crippen LogP contribution in [-0.2, 0) is 13.0 Å². The number of H-pyrrole nitrogens is 1. The zero-order valence-corrected chi connectivity index (χ0v) is 16.2. The third kappa shape index (κ3) is 3.83. The fraction of sp³-hybridized carbons (Fsp3) is 0.429. The van der Waals surface area contributed by atoms with Crippen LogP contribution in [0, 0.1) is 0 Å². The van der Waals surface area contributed by atoms with Crippen molar-refractivity contribution in [3.05, 3.63) is 65.8 Å². The Balaban J connectivity index is 1.40. The summed E-state index contributed by atoms with van der Waals surface area (Å²) < 4.78 is 2.22. The van der Waals surface area contributed by atoms with Gasteiger partial charge in [-0.05, 0) is 37.0 Å². The number of nitrogens with one attached hydrogen (secondary N) is 1. The molecule has 0 atom stereocenters. The van der Waals surface area contributed by atoms with E-state index in [0.717, 1.165) is 62.4 Å². The summed E-state index contributed by atoms with van der Waals surface area (Å²) in [6.07, 6.45) is 12.9. The van der Waals surface area contributed by atoms with E-state index in [-0.39, 0.29) is 5.91 Å². The topological polar surface area (TPSA) is 79.7 Å². The van der Waals surface area contributed by atoms with Crippen molar-refractivity contribution < 1.29 is 4.79 Å². The maximum absolute atomic E-state index is 12.9. The quantitative estimate of drug-likeness (QED) is 0.715. The summed E-state index contributed by atoms with van der Waals surface area (Å²) in [5, 5.41) is 7.05. The first-order valence-electron chi connectivity index (χ1n) is 9.97. The smallest absolute Gasteiger partial charge is 0.257 e. The number of likely N-dealkylation sites (tertiary alicyclic amines) is 1. The lowest BCUT2D eigenvalue weighted by Crippen LogP contribution is -2.38. The average Bonchev–Trinajstić information content (AvgIpc) is 3.38. The molecule has 7 heteroatoms. The van der Waals surface area contributed by atoms with Crippen molar-refractivity contribution in [2.45, 2.75) is 45.1 Å². The van der Waals surface area contributed by atoms with Crippen LogP contribution < -0.4 is 0 Å². The molecule has 146 valence electrons. The van der Waals surface area contributed by atoms with Crippen LogP contribution in [-0.4, -0.2) is 48.6 Å². The minimum absolute atomic E-state index is 0.0933. The number of amides is 1. The summed E-state index contributed by atoms with van der Waals surface area (Å²) in [4.78, 5) is 23.6. The van der Waals surface area contributed by atoms with Gasteiger partial charge in [-0.1, -0.05) is 13.3 Å². The summed E-state index contributed by atoms with van der Waals surface area (Å²) in [6, 6.07) is 4.06. The SMILES string of the molecule is CCCc1[nH]ncc1C(=O)N1CCC(c2nccn2Cc2ccncc2)CC1. The molecule has 0 unspecified atom stereocenters. The van der Waals surface area contributed by atoms with Gasteiger partial charge in [-0.3, -0.25) is 14.9 Å². The zero-order valence-electron chi connectivity index (χ0n) is 16.2. The number of nitrogens with zero attached hydrogens (tertiary/aromatic N) is 5. The van der Waals surface area contributed by atoms with Gasteiger partial charge in [-0.25, -0.2) is 4.98 Å². The van der Waals surface area contributed by atoms with Crippen LogP contribution in [0.2, 0.25) is 0 Å². The summed E-state index contributed by atoms with van der Waals surface area (Å²) in [7, 11) is 0. The number of hydrogen-bond donors (Lipinski definition) is 1. The molecule has 1 aliphatic heterocycles. The first kappa shape index (κ1) is 18.4. The Morgan fingerprint density at radius 1 is 1.21 bits per heavy atom. The fourth-order valence-corrected chi connectivity index (χ4v) is 3.95. The van der Waals surface area contributed by atoms with Gasteiger partial charge in [-0.15, -0.1) is 0 Å². The van der Waals surface area contributed by atoms with Gasteiger partial charge >= 0.3 is 0 Å². The molecule has 0 saturated carbocycles. The highest BCUT2D eigenvalue weighted by Gasteiger charge is 2.28. The monoisotopic (exact) mass is 378 g/mol. The lowest BCUT2D eigenvalue weighted by molar-refractivity contribution is 0.0709. The lowest BCUT2D eigenvalue weighted by atomic mass is 9.95. The second-order valence-electron chi connectivity index (χ2n) is 7.35. The normalized spacial score (nSPS) is 15.1. The predicted octanol–water partition coefficient (Wildman–Crippen LogP) is 3.02. The highest BCUT2D eigenvalue weighted by molar-refractivity contribution is 5.95. The molecule has 1 saturated heterocycles. The van der Waals surface area contributed by atoms with Gasteiger partial charge in [0.05, 0.1) is 11.8 Å². The minimum Gasteiger partial charge on any atom is -0.338 e. The zero-order chi connectivity index (χ0) is 19.3. The number of pyridine rings is 1. The van der Waals surface area contributed by atoms with Crippen LogP contribution in [0.15, 0.2) is 43.1 Å². The van der Waals surface area contributed by atoms with Gasteiger partial charge in [-0.2, -0.15) is 5.10 Å². The van der Waals surface area contributed by atoms with Crippen LogP contribution in [0.5, 0.6) is 0 Å². The molecule has 0 aliphatic carbocycles. The van der Waals surface area contributed by atoms with Crippen molar-refractivity contribution in [1.82, 2.24) is 29.6 Å². The molecule has 4 heterocycles. The van der Waals surface area contributed by atoms with E-state index < -0.39 is 0 Å². The highest BCUT2D eigenvalue weighted by atomic mass is 16.2. The number of aryl methyl sites for hydroxylation is 1. The summed E-state index contributed by atoms with van der Waals surface area (Å²) in [5.41, 5.74) is 2.88. The second kappa shape index (κ2) is 8.37. The molecule has 1 fully saturated rings. The number of aromatic amines is 1. The number of carbonyl (C=O) groups excluding carboxylic acids is 1. The van der Waals surface area contributed by atoms with Gasteiger partial charge in [0.25, 0.3) is 5.91 Å². The average molecular weight is 378 g/mol. The van der Waals surface area contributed by atoms with Crippen molar-refractivity contribution >= 4 is 5.91 Å². The highest BCUT2D eigenvalue weighted by Crippen LogP contribution is 2.28. The largest absolute Gasteiger partial charge is 0.338 e. The maximum Gasteiger partial charge on any atom is 0.257 e. The molecule has 3 aromatic heterocycles. The Morgan fingerprint density at radius 2 is 2.00 bits per heavy atom. The van der Waals surface area contributed by atoms with Crippen molar-refractivity contribution in [2.75, 3.05) is 13.1 Å². The first-order chi connectivity index (χ1) is 13.8. The Labute approximate surface area is 164 Å². The predicted molar refractivity (Wildman–Crippen MR) is 106 cm³/mol. The molecule has 0 spiro atoms. The lowest BCUT2D eigenvalue weighted by Gasteiger charge is -2.32. The molecule has 0 radical (unpaired) electrons. The third-order valence-electron chi connectivity index (χ3n) is 5.45. The van der Waals surface area contributed by atoms with Crippen LogP contribution >= 0.6 is 0 Å². The number of rotatable bonds is 6. The Morgan fingerprint density at radius 3 is 2.75 bits per heavy atom. The number of hydrogen-bond acceptors (Lipinski definition) is 4. The fourth-order valence-electron chi connectivity index (χ4n) is 3.95. The maximum atomic E-state index is 12.9. The molecule has 3 aromatic rings. The molecule has 7 nitrogen and oxygen atoms in total. The second-order valence-corrected chi connectivity index (χ2v) is 7.35. The van der Waals surface area contributed by atoms with Gasteiger partial charge in [0, 0.05) is 56.0 Å². The number of piperidine rings is 1. The van der Waals surface area contributed by atoms with E-state index >= 15 is 0 Å². The Bertz CT molecular complexity index is 908. The third-order valence-corrected chi connectivity index (χ3v) is 5.45. The molecular weight excluding hydrogens is 352 g/mol. The van der Waals surface area contributed by atoms with E-state index in [1.54, 1.807) is 6.20 Å². The van der Waals surface area contributed by atoms with Crippen LogP contribution in [0.4, 0.5) is 0 Å².